The molecule has 24 heavy (non-hydrogen) atoms. The van der Waals surface area contributed by atoms with Gasteiger partial charge in [0, 0.05) is 19.2 Å². The van der Waals surface area contributed by atoms with Gasteiger partial charge in [-0.05, 0) is 29.5 Å². The minimum atomic E-state index is -0.294. The van der Waals surface area contributed by atoms with Gasteiger partial charge in [0.25, 0.3) is 0 Å². The lowest BCUT2D eigenvalue weighted by molar-refractivity contribution is -0.141. The fourth-order valence-electron chi connectivity index (χ4n) is 2.27. The summed E-state index contributed by atoms with van der Waals surface area (Å²) in [7, 11) is 1.36. The Morgan fingerprint density at radius 2 is 1.83 bits per heavy atom. The molecule has 0 unspecified atom stereocenters. The largest absolute Gasteiger partial charge is 0.469 e. The molecule has 0 aliphatic heterocycles. The van der Waals surface area contributed by atoms with Gasteiger partial charge in [-0.1, -0.05) is 51.5 Å². The molecule has 0 aromatic heterocycles. The van der Waals surface area contributed by atoms with Gasteiger partial charge in [0.1, 0.15) is 0 Å². The van der Waals surface area contributed by atoms with Crippen LogP contribution in [0.4, 0.5) is 0 Å². The average Bonchev–Trinajstić information content (AvgIpc) is 2.59. The number of hydrogen-bond donors (Lipinski definition) is 0. The lowest BCUT2D eigenvalue weighted by Gasteiger charge is -2.20. The van der Waals surface area contributed by atoms with Crippen molar-refractivity contribution in [2.24, 2.45) is 0 Å². The van der Waals surface area contributed by atoms with Gasteiger partial charge in [-0.3, -0.25) is 9.59 Å². The molecule has 0 aliphatic rings. The van der Waals surface area contributed by atoms with Gasteiger partial charge >= 0.3 is 5.97 Å². The molecule has 4 nitrogen and oxygen atoms in total. The lowest BCUT2D eigenvalue weighted by atomic mass is 10.0. The number of ether oxygens (including phenoxy) is 1. The standard InChI is InChI=1S/C20H29NO3/c1-5-6-14-21(15-13-20(23)24-4)19(22)12-9-17-7-10-18(11-8-17)16(2)3/h7-12,16H,5-6,13-15H2,1-4H3/b12-9+. The Morgan fingerprint density at radius 1 is 1.17 bits per heavy atom. The van der Waals surface area contributed by atoms with Gasteiger partial charge in [-0.25, -0.2) is 0 Å². The van der Waals surface area contributed by atoms with Crippen molar-refractivity contribution in [1.29, 1.82) is 0 Å². The van der Waals surface area contributed by atoms with Crippen LogP contribution in [-0.4, -0.2) is 37.0 Å². The van der Waals surface area contributed by atoms with E-state index < -0.39 is 0 Å². The van der Waals surface area contributed by atoms with E-state index in [1.807, 2.05) is 18.2 Å². The Bertz CT molecular complexity index is 547. The summed E-state index contributed by atoms with van der Waals surface area (Å²) < 4.78 is 4.65. The van der Waals surface area contributed by atoms with Crippen molar-refractivity contribution < 1.29 is 14.3 Å². The molecule has 0 fully saturated rings. The van der Waals surface area contributed by atoms with Crippen molar-refractivity contribution >= 4 is 18.0 Å². The first-order chi connectivity index (χ1) is 11.5. The van der Waals surface area contributed by atoms with Crippen LogP contribution < -0.4 is 0 Å². The van der Waals surface area contributed by atoms with Crippen molar-refractivity contribution in [2.45, 2.75) is 46.0 Å². The highest BCUT2D eigenvalue weighted by Gasteiger charge is 2.12. The van der Waals surface area contributed by atoms with Gasteiger partial charge in [-0.2, -0.15) is 0 Å². The first-order valence-corrected chi connectivity index (χ1v) is 8.61. The molecule has 0 saturated heterocycles. The van der Waals surface area contributed by atoms with E-state index in [0.29, 0.717) is 19.0 Å². The van der Waals surface area contributed by atoms with Crippen LogP contribution in [0.1, 0.15) is 57.1 Å². The maximum atomic E-state index is 12.4. The second-order valence-corrected chi connectivity index (χ2v) is 6.16. The number of amides is 1. The summed E-state index contributed by atoms with van der Waals surface area (Å²) in [6.45, 7) is 7.43. The van der Waals surface area contributed by atoms with Gasteiger partial charge in [0.05, 0.1) is 13.5 Å². The molecule has 0 heterocycles. The Labute approximate surface area is 145 Å². The highest BCUT2D eigenvalue weighted by molar-refractivity contribution is 5.92. The highest BCUT2D eigenvalue weighted by Crippen LogP contribution is 2.15. The molecule has 0 atom stereocenters. The van der Waals surface area contributed by atoms with Crippen LogP contribution in [0.25, 0.3) is 6.08 Å². The number of hydrogen-bond acceptors (Lipinski definition) is 3. The van der Waals surface area contributed by atoms with E-state index in [9.17, 15) is 9.59 Å². The zero-order valence-electron chi connectivity index (χ0n) is 15.2. The normalized spacial score (nSPS) is 11.0. The van der Waals surface area contributed by atoms with Gasteiger partial charge in [0.2, 0.25) is 5.91 Å². The van der Waals surface area contributed by atoms with Crippen LogP contribution in [0.15, 0.2) is 30.3 Å². The minimum Gasteiger partial charge on any atom is -0.469 e. The fraction of sp³-hybridized carbons (Fsp3) is 0.500. The molecule has 1 aromatic carbocycles. The maximum absolute atomic E-state index is 12.4. The van der Waals surface area contributed by atoms with E-state index in [2.05, 4.69) is 37.6 Å². The molecule has 1 rings (SSSR count). The van der Waals surface area contributed by atoms with E-state index >= 15 is 0 Å². The number of carbonyl (C=O) groups excluding carboxylic acids is 2. The van der Waals surface area contributed by atoms with Crippen molar-refractivity contribution in [3.05, 3.63) is 41.5 Å². The molecule has 132 valence electrons. The van der Waals surface area contributed by atoms with E-state index in [1.54, 1.807) is 11.0 Å². The predicted molar refractivity (Wildman–Crippen MR) is 97.7 cm³/mol. The molecule has 0 radical (unpaired) electrons. The number of methoxy groups -OCH3 is 1. The minimum absolute atomic E-state index is 0.0692. The van der Waals surface area contributed by atoms with Crippen LogP contribution in [-0.2, 0) is 14.3 Å². The summed E-state index contributed by atoms with van der Waals surface area (Å²) in [6, 6.07) is 8.20. The molecular weight excluding hydrogens is 302 g/mol. The maximum Gasteiger partial charge on any atom is 0.307 e. The summed E-state index contributed by atoms with van der Waals surface area (Å²) in [5, 5.41) is 0. The molecule has 1 aromatic rings. The number of unbranched alkanes of at least 4 members (excludes halogenated alkanes) is 1. The van der Waals surface area contributed by atoms with E-state index in [0.717, 1.165) is 18.4 Å². The second kappa shape index (κ2) is 10.6. The third-order valence-corrected chi connectivity index (χ3v) is 3.93. The summed E-state index contributed by atoms with van der Waals surface area (Å²) in [6.07, 6.45) is 5.55. The molecule has 0 aliphatic carbocycles. The molecule has 0 N–H and O–H groups in total. The zero-order chi connectivity index (χ0) is 17.9. The first-order valence-electron chi connectivity index (χ1n) is 8.61. The lowest BCUT2D eigenvalue weighted by Crippen LogP contribution is -2.32. The van der Waals surface area contributed by atoms with Crippen LogP contribution >= 0.6 is 0 Å². The molecular formula is C20H29NO3. The van der Waals surface area contributed by atoms with E-state index in [1.165, 1.54) is 12.7 Å². The Hall–Kier alpha value is -2.10. The summed E-state index contributed by atoms with van der Waals surface area (Å²) in [4.78, 5) is 25.4. The second-order valence-electron chi connectivity index (χ2n) is 6.16. The number of esters is 1. The van der Waals surface area contributed by atoms with Crippen molar-refractivity contribution in [3.8, 4) is 0 Å². The molecule has 0 bridgehead atoms. The topological polar surface area (TPSA) is 46.6 Å². The van der Waals surface area contributed by atoms with Crippen LogP contribution in [0.2, 0.25) is 0 Å². The Balaban J connectivity index is 2.69. The molecule has 4 heteroatoms. The summed E-state index contributed by atoms with van der Waals surface area (Å²) in [5.41, 5.74) is 2.28. The average molecular weight is 331 g/mol. The van der Waals surface area contributed by atoms with Crippen molar-refractivity contribution in [3.63, 3.8) is 0 Å². The van der Waals surface area contributed by atoms with Crippen molar-refractivity contribution in [2.75, 3.05) is 20.2 Å². The number of carbonyl (C=O) groups is 2. The summed E-state index contributed by atoms with van der Waals surface area (Å²) >= 11 is 0. The van der Waals surface area contributed by atoms with Crippen LogP contribution in [0.3, 0.4) is 0 Å². The smallest absolute Gasteiger partial charge is 0.307 e. The third kappa shape index (κ3) is 6.99. The van der Waals surface area contributed by atoms with Gasteiger partial charge < -0.3 is 9.64 Å². The SMILES string of the molecule is CCCCN(CCC(=O)OC)C(=O)/C=C/c1ccc(C(C)C)cc1. The predicted octanol–water partition coefficient (Wildman–Crippen LogP) is 4.02. The number of nitrogens with zero attached hydrogens (tertiary/aromatic N) is 1. The number of benzene rings is 1. The molecule has 0 saturated carbocycles. The fourth-order valence-corrected chi connectivity index (χ4v) is 2.27. The quantitative estimate of drug-likeness (QED) is 0.507. The van der Waals surface area contributed by atoms with Gasteiger partial charge in [0.15, 0.2) is 0 Å². The Kier molecular flexibility index (Phi) is 8.84. The monoisotopic (exact) mass is 331 g/mol. The van der Waals surface area contributed by atoms with E-state index in [4.69, 9.17) is 0 Å². The Morgan fingerprint density at radius 3 is 2.38 bits per heavy atom. The molecule has 0 spiro atoms. The van der Waals surface area contributed by atoms with Crippen molar-refractivity contribution in [1.82, 2.24) is 4.90 Å². The third-order valence-electron chi connectivity index (χ3n) is 3.93. The van der Waals surface area contributed by atoms with Crippen LogP contribution in [0, 0.1) is 0 Å². The summed E-state index contributed by atoms with van der Waals surface area (Å²) in [5.74, 6) is 0.130. The molecule has 1 amide bonds. The zero-order valence-corrected chi connectivity index (χ0v) is 15.2. The van der Waals surface area contributed by atoms with E-state index in [-0.39, 0.29) is 18.3 Å². The van der Waals surface area contributed by atoms with Crippen LogP contribution in [0.5, 0.6) is 0 Å². The number of rotatable bonds is 9. The van der Waals surface area contributed by atoms with Gasteiger partial charge in [-0.15, -0.1) is 0 Å². The first kappa shape index (κ1) is 19.9. The highest BCUT2D eigenvalue weighted by atomic mass is 16.5.